The number of nitrogens with zero attached hydrogens (tertiary/aromatic N) is 1. The molecule has 2 N–H and O–H groups in total. The molecule has 1 heterocycles. The van der Waals surface area contributed by atoms with Crippen LogP contribution in [0.3, 0.4) is 0 Å². The first-order chi connectivity index (χ1) is 8.75. The summed E-state index contributed by atoms with van der Waals surface area (Å²) in [5.41, 5.74) is 0.252. The van der Waals surface area contributed by atoms with Crippen molar-refractivity contribution in [2.75, 3.05) is 11.9 Å². The minimum absolute atomic E-state index is 0.252. The van der Waals surface area contributed by atoms with Gasteiger partial charge < -0.3 is 10.4 Å². The van der Waals surface area contributed by atoms with Crippen molar-refractivity contribution in [3.63, 3.8) is 0 Å². The van der Waals surface area contributed by atoms with Gasteiger partial charge in [0, 0.05) is 23.5 Å². The Balaban J connectivity index is 2.04. The molecule has 1 saturated carbocycles. The molecule has 1 aromatic carbocycles. The molecule has 1 aliphatic carbocycles. The molecule has 92 valence electrons. The number of benzene rings is 1. The molecule has 0 bridgehead atoms. The minimum Gasteiger partial charge on any atom is -0.478 e. The van der Waals surface area contributed by atoms with E-state index < -0.39 is 5.97 Å². The van der Waals surface area contributed by atoms with Crippen molar-refractivity contribution in [1.82, 2.24) is 4.98 Å². The Morgan fingerprint density at radius 1 is 1.33 bits per heavy atom. The SMILES string of the molecule is O=C(O)c1cnc(NCC2CC2)c2ccccc12. The van der Waals surface area contributed by atoms with E-state index in [-0.39, 0.29) is 5.56 Å². The Labute approximate surface area is 105 Å². The van der Waals surface area contributed by atoms with Gasteiger partial charge in [-0.1, -0.05) is 24.3 Å². The van der Waals surface area contributed by atoms with Gasteiger partial charge in [0.15, 0.2) is 0 Å². The molecular formula is C14H14N2O2. The van der Waals surface area contributed by atoms with Crippen molar-refractivity contribution in [2.24, 2.45) is 5.92 Å². The maximum absolute atomic E-state index is 11.1. The van der Waals surface area contributed by atoms with Crippen LogP contribution in [0, 0.1) is 5.92 Å². The van der Waals surface area contributed by atoms with Crippen LogP contribution in [0.2, 0.25) is 0 Å². The summed E-state index contributed by atoms with van der Waals surface area (Å²) >= 11 is 0. The number of carboxylic acids is 1. The molecule has 0 unspecified atom stereocenters. The quantitative estimate of drug-likeness (QED) is 0.865. The first-order valence-corrected chi connectivity index (χ1v) is 6.10. The summed E-state index contributed by atoms with van der Waals surface area (Å²) in [5.74, 6) is 0.597. The number of hydrogen-bond acceptors (Lipinski definition) is 3. The van der Waals surface area contributed by atoms with E-state index in [1.807, 2.05) is 24.3 Å². The fraction of sp³-hybridized carbons (Fsp3) is 0.286. The summed E-state index contributed by atoms with van der Waals surface area (Å²) in [4.78, 5) is 15.4. The number of carbonyl (C=O) groups is 1. The Morgan fingerprint density at radius 2 is 2.06 bits per heavy atom. The Morgan fingerprint density at radius 3 is 2.72 bits per heavy atom. The van der Waals surface area contributed by atoms with E-state index in [1.165, 1.54) is 19.0 Å². The number of anilines is 1. The molecule has 4 nitrogen and oxygen atoms in total. The van der Waals surface area contributed by atoms with Crippen molar-refractivity contribution in [3.8, 4) is 0 Å². The van der Waals surface area contributed by atoms with Gasteiger partial charge in [-0.05, 0) is 18.8 Å². The van der Waals surface area contributed by atoms with E-state index >= 15 is 0 Å². The molecule has 1 aliphatic rings. The third-order valence-corrected chi connectivity index (χ3v) is 3.28. The van der Waals surface area contributed by atoms with E-state index in [2.05, 4.69) is 10.3 Å². The highest BCUT2D eigenvalue weighted by molar-refractivity contribution is 6.06. The van der Waals surface area contributed by atoms with Crippen molar-refractivity contribution in [1.29, 1.82) is 0 Å². The third-order valence-electron chi connectivity index (χ3n) is 3.28. The average molecular weight is 242 g/mol. The predicted molar refractivity (Wildman–Crippen MR) is 69.9 cm³/mol. The van der Waals surface area contributed by atoms with Crippen LogP contribution in [0.4, 0.5) is 5.82 Å². The van der Waals surface area contributed by atoms with Crippen LogP contribution in [0.1, 0.15) is 23.2 Å². The topological polar surface area (TPSA) is 62.2 Å². The first kappa shape index (κ1) is 11.0. The Bertz CT molecular complexity index is 606. The molecule has 0 spiro atoms. The predicted octanol–water partition coefficient (Wildman–Crippen LogP) is 2.75. The zero-order valence-corrected chi connectivity index (χ0v) is 9.89. The smallest absolute Gasteiger partial charge is 0.337 e. The van der Waals surface area contributed by atoms with Crippen LogP contribution in [-0.2, 0) is 0 Å². The number of pyridine rings is 1. The highest BCUT2D eigenvalue weighted by Crippen LogP contribution is 2.30. The summed E-state index contributed by atoms with van der Waals surface area (Å²) in [7, 11) is 0. The summed E-state index contributed by atoms with van der Waals surface area (Å²) in [6.07, 6.45) is 3.98. The fourth-order valence-corrected chi connectivity index (χ4v) is 2.07. The molecule has 0 amide bonds. The van der Waals surface area contributed by atoms with Crippen molar-refractivity contribution in [2.45, 2.75) is 12.8 Å². The van der Waals surface area contributed by atoms with Gasteiger partial charge in [0.2, 0.25) is 0 Å². The van der Waals surface area contributed by atoms with Gasteiger partial charge >= 0.3 is 5.97 Å². The van der Waals surface area contributed by atoms with Gasteiger partial charge in [0.1, 0.15) is 5.82 Å². The van der Waals surface area contributed by atoms with Crippen LogP contribution in [0.5, 0.6) is 0 Å². The van der Waals surface area contributed by atoms with E-state index in [1.54, 1.807) is 0 Å². The maximum Gasteiger partial charge on any atom is 0.337 e. The molecule has 4 heteroatoms. The van der Waals surface area contributed by atoms with Gasteiger partial charge in [0.25, 0.3) is 0 Å². The van der Waals surface area contributed by atoms with E-state index in [9.17, 15) is 4.79 Å². The molecule has 1 aromatic heterocycles. The molecule has 2 aromatic rings. The van der Waals surface area contributed by atoms with Gasteiger partial charge in [-0.2, -0.15) is 0 Å². The van der Waals surface area contributed by atoms with E-state index in [4.69, 9.17) is 5.11 Å². The fourth-order valence-electron chi connectivity index (χ4n) is 2.07. The largest absolute Gasteiger partial charge is 0.478 e. The van der Waals surface area contributed by atoms with Crippen LogP contribution in [0.15, 0.2) is 30.5 Å². The number of rotatable bonds is 4. The van der Waals surface area contributed by atoms with Crippen LogP contribution in [0.25, 0.3) is 10.8 Å². The van der Waals surface area contributed by atoms with Gasteiger partial charge in [-0.25, -0.2) is 9.78 Å². The van der Waals surface area contributed by atoms with Gasteiger partial charge in [-0.15, -0.1) is 0 Å². The molecule has 1 fully saturated rings. The lowest BCUT2D eigenvalue weighted by molar-refractivity contribution is 0.0698. The Kier molecular flexibility index (Phi) is 2.63. The highest BCUT2D eigenvalue weighted by Gasteiger charge is 2.21. The van der Waals surface area contributed by atoms with Gasteiger partial charge in [-0.3, -0.25) is 0 Å². The summed E-state index contributed by atoms with van der Waals surface area (Å²) in [6, 6.07) is 7.48. The number of aromatic carboxylic acids is 1. The van der Waals surface area contributed by atoms with Crippen molar-refractivity contribution >= 4 is 22.6 Å². The molecule has 0 radical (unpaired) electrons. The summed E-state index contributed by atoms with van der Waals surface area (Å²) in [6.45, 7) is 0.920. The standard InChI is InChI=1S/C14H14N2O2/c17-14(18)12-8-16-13(15-7-9-5-6-9)11-4-2-1-3-10(11)12/h1-4,8-9H,5-7H2,(H,15,16)(H,17,18). The van der Waals surface area contributed by atoms with Crippen molar-refractivity contribution in [3.05, 3.63) is 36.0 Å². The highest BCUT2D eigenvalue weighted by atomic mass is 16.4. The number of nitrogens with one attached hydrogen (secondary N) is 1. The third kappa shape index (κ3) is 2.01. The lowest BCUT2D eigenvalue weighted by Crippen LogP contribution is -2.07. The number of hydrogen-bond donors (Lipinski definition) is 2. The van der Waals surface area contributed by atoms with E-state index in [0.29, 0.717) is 0 Å². The lowest BCUT2D eigenvalue weighted by atomic mass is 10.1. The van der Waals surface area contributed by atoms with E-state index in [0.717, 1.165) is 29.1 Å². The molecule has 0 aliphatic heterocycles. The van der Waals surface area contributed by atoms with Crippen molar-refractivity contribution < 1.29 is 9.90 Å². The van der Waals surface area contributed by atoms with Crippen LogP contribution in [-0.4, -0.2) is 22.6 Å². The zero-order valence-electron chi connectivity index (χ0n) is 9.89. The summed E-state index contributed by atoms with van der Waals surface area (Å²) in [5, 5.41) is 14.1. The number of fused-ring (bicyclic) bond motifs is 1. The minimum atomic E-state index is -0.938. The lowest BCUT2D eigenvalue weighted by Gasteiger charge is -2.09. The van der Waals surface area contributed by atoms with Gasteiger partial charge in [0.05, 0.1) is 5.56 Å². The maximum atomic E-state index is 11.1. The molecule has 0 atom stereocenters. The summed E-state index contributed by atoms with van der Waals surface area (Å²) < 4.78 is 0. The molecule has 0 saturated heterocycles. The van der Waals surface area contributed by atoms with Crippen LogP contribution >= 0.6 is 0 Å². The average Bonchev–Trinajstić information content (AvgIpc) is 3.19. The molecule has 3 rings (SSSR count). The molecular weight excluding hydrogens is 228 g/mol. The Hall–Kier alpha value is -2.10. The molecule has 18 heavy (non-hydrogen) atoms. The second-order valence-electron chi connectivity index (χ2n) is 4.70. The monoisotopic (exact) mass is 242 g/mol. The van der Waals surface area contributed by atoms with Crippen LogP contribution < -0.4 is 5.32 Å². The zero-order chi connectivity index (χ0) is 12.5. The first-order valence-electron chi connectivity index (χ1n) is 6.10. The second-order valence-corrected chi connectivity index (χ2v) is 4.70. The normalized spacial score (nSPS) is 14.7. The number of aromatic nitrogens is 1. The second kappa shape index (κ2) is 4.29. The number of carboxylic acid groups (broad SMARTS) is 1.